The third kappa shape index (κ3) is 4.33. The highest BCUT2D eigenvalue weighted by molar-refractivity contribution is 6.30. The highest BCUT2D eigenvalue weighted by atomic mass is 35.5. The summed E-state index contributed by atoms with van der Waals surface area (Å²) in [7, 11) is 0. The molecule has 0 aromatic heterocycles. The third-order valence-corrected chi connectivity index (χ3v) is 3.07. The largest absolute Gasteiger partial charge is 0.462 e. The van der Waals surface area contributed by atoms with Crippen LogP contribution in [0.3, 0.4) is 0 Å². The second-order valence-corrected chi connectivity index (χ2v) is 4.99. The normalized spacial score (nSPS) is 10.1. The first-order chi connectivity index (χ1) is 10.6. The molecule has 0 aliphatic carbocycles. The Kier molecular flexibility index (Phi) is 5.55. The van der Waals surface area contributed by atoms with Crippen molar-refractivity contribution in [3.63, 3.8) is 0 Å². The van der Waals surface area contributed by atoms with E-state index in [1.807, 2.05) is 6.92 Å². The second-order valence-electron chi connectivity index (χ2n) is 4.56. The molecule has 0 fully saturated rings. The number of carbonyl (C=O) groups is 2. The van der Waals surface area contributed by atoms with E-state index in [0.29, 0.717) is 28.5 Å². The van der Waals surface area contributed by atoms with Crippen LogP contribution in [0, 0.1) is 0 Å². The lowest BCUT2D eigenvalue weighted by Crippen LogP contribution is -2.09. The smallest absolute Gasteiger partial charge is 0.343 e. The summed E-state index contributed by atoms with van der Waals surface area (Å²) in [5.74, 6) is -0.526. The molecule has 0 radical (unpaired) electrons. The standard InChI is InChI=1S/C17H15ClO4/c1-2-11-21-16(19)12-5-9-15(10-6-12)22-17(20)13-3-7-14(18)8-4-13/h3-10H,2,11H2,1H3. The zero-order valence-corrected chi connectivity index (χ0v) is 12.8. The minimum Gasteiger partial charge on any atom is -0.462 e. The van der Waals surface area contributed by atoms with E-state index in [1.54, 1.807) is 48.5 Å². The van der Waals surface area contributed by atoms with Gasteiger partial charge in [-0.2, -0.15) is 0 Å². The summed E-state index contributed by atoms with van der Waals surface area (Å²) in [5.41, 5.74) is 0.815. The second kappa shape index (κ2) is 7.61. The van der Waals surface area contributed by atoms with Crippen LogP contribution in [0.2, 0.25) is 5.02 Å². The zero-order chi connectivity index (χ0) is 15.9. The van der Waals surface area contributed by atoms with Gasteiger partial charge in [-0.3, -0.25) is 0 Å². The van der Waals surface area contributed by atoms with Crippen molar-refractivity contribution in [1.82, 2.24) is 0 Å². The van der Waals surface area contributed by atoms with E-state index in [9.17, 15) is 9.59 Å². The number of ether oxygens (including phenoxy) is 2. The van der Waals surface area contributed by atoms with Gasteiger partial charge in [-0.15, -0.1) is 0 Å². The molecule has 0 heterocycles. The number of esters is 2. The fourth-order valence-electron chi connectivity index (χ4n) is 1.69. The molecule has 2 rings (SSSR count). The Labute approximate surface area is 133 Å². The molecule has 22 heavy (non-hydrogen) atoms. The molecule has 0 atom stereocenters. The molecule has 0 bridgehead atoms. The average Bonchev–Trinajstić information content (AvgIpc) is 2.54. The van der Waals surface area contributed by atoms with Crippen molar-refractivity contribution < 1.29 is 19.1 Å². The maximum Gasteiger partial charge on any atom is 0.343 e. The number of hydrogen-bond acceptors (Lipinski definition) is 4. The summed E-state index contributed by atoms with van der Waals surface area (Å²) in [5, 5.41) is 0.548. The van der Waals surface area contributed by atoms with Crippen molar-refractivity contribution >= 4 is 23.5 Å². The molecule has 2 aromatic carbocycles. The Morgan fingerprint density at radius 2 is 1.45 bits per heavy atom. The van der Waals surface area contributed by atoms with Gasteiger partial charge in [0, 0.05) is 5.02 Å². The molecular formula is C17H15ClO4. The van der Waals surface area contributed by atoms with Gasteiger partial charge in [0.15, 0.2) is 0 Å². The molecule has 0 saturated carbocycles. The van der Waals surface area contributed by atoms with Crippen LogP contribution in [-0.2, 0) is 4.74 Å². The maximum atomic E-state index is 11.9. The number of benzene rings is 2. The van der Waals surface area contributed by atoms with Gasteiger partial charge in [-0.05, 0) is 55.0 Å². The van der Waals surface area contributed by atoms with Crippen LogP contribution >= 0.6 is 11.6 Å². The van der Waals surface area contributed by atoms with E-state index in [-0.39, 0.29) is 0 Å². The van der Waals surface area contributed by atoms with Crippen LogP contribution < -0.4 is 4.74 Å². The predicted molar refractivity (Wildman–Crippen MR) is 83.4 cm³/mol. The first-order valence-electron chi connectivity index (χ1n) is 6.85. The molecule has 2 aromatic rings. The SMILES string of the molecule is CCCOC(=O)c1ccc(OC(=O)c2ccc(Cl)cc2)cc1. The highest BCUT2D eigenvalue weighted by Gasteiger charge is 2.10. The zero-order valence-electron chi connectivity index (χ0n) is 12.0. The minimum atomic E-state index is -0.488. The number of halogens is 1. The fourth-order valence-corrected chi connectivity index (χ4v) is 1.82. The molecule has 5 heteroatoms. The van der Waals surface area contributed by atoms with E-state index in [4.69, 9.17) is 21.1 Å². The quantitative estimate of drug-likeness (QED) is 0.614. The summed E-state index contributed by atoms with van der Waals surface area (Å²) in [6.45, 7) is 2.30. The summed E-state index contributed by atoms with van der Waals surface area (Å²) >= 11 is 5.76. The Hall–Kier alpha value is -2.33. The van der Waals surface area contributed by atoms with Crippen molar-refractivity contribution in [2.75, 3.05) is 6.61 Å². The number of hydrogen-bond donors (Lipinski definition) is 0. The lowest BCUT2D eigenvalue weighted by molar-refractivity contribution is 0.0505. The van der Waals surface area contributed by atoms with Crippen molar-refractivity contribution in [3.05, 3.63) is 64.7 Å². The molecule has 0 saturated heterocycles. The van der Waals surface area contributed by atoms with E-state index in [1.165, 1.54) is 0 Å². The van der Waals surface area contributed by atoms with Crippen LogP contribution in [0.5, 0.6) is 5.75 Å². The van der Waals surface area contributed by atoms with Gasteiger partial charge in [-0.1, -0.05) is 18.5 Å². The Morgan fingerprint density at radius 1 is 0.909 bits per heavy atom. The van der Waals surface area contributed by atoms with Crippen LogP contribution in [0.1, 0.15) is 34.1 Å². The van der Waals surface area contributed by atoms with Crippen LogP contribution in [0.4, 0.5) is 0 Å². The van der Waals surface area contributed by atoms with Gasteiger partial charge in [0.05, 0.1) is 17.7 Å². The van der Waals surface area contributed by atoms with E-state index in [2.05, 4.69) is 0 Å². The van der Waals surface area contributed by atoms with Crippen molar-refractivity contribution in [2.24, 2.45) is 0 Å². The van der Waals surface area contributed by atoms with Gasteiger partial charge in [0.1, 0.15) is 5.75 Å². The van der Waals surface area contributed by atoms with E-state index in [0.717, 1.165) is 6.42 Å². The number of carbonyl (C=O) groups excluding carboxylic acids is 2. The van der Waals surface area contributed by atoms with Crippen LogP contribution in [0.25, 0.3) is 0 Å². The maximum absolute atomic E-state index is 11.9. The monoisotopic (exact) mass is 318 g/mol. The molecular weight excluding hydrogens is 304 g/mol. The van der Waals surface area contributed by atoms with E-state index >= 15 is 0 Å². The molecule has 0 amide bonds. The Bertz CT molecular complexity index is 647. The summed E-state index contributed by atoms with van der Waals surface area (Å²) < 4.78 is 10.2. The molecule has 114 valence electrons. The topological polar surface area (TPSA) is 52.6 Å². The molecule has 0 spiro atoms. The van der Waals surface area contributed by atoms with Gasteiger partial charge < -0.3 is 9.47 Å². The van der Waals surface area contributed by atoms with Gasteiger partial charge in [0.25, 0.3) is 0 Å². The molecule has 4 nitrogen and oxygen atoms in total. The Morgan fingerprint density at radius 3 is 2.05 bits per heavy atom. The summed E-state index contributed by atoms with van der Waals surface area (Å²) in [4.78, 5) is 23.6. The lowest BCUT2D eigenvalue weighted by Gasteiger charge is -2.06. The Balaban J connectivity index is 2.00. The highest BCUT2D eigenvalue weighted by Crippen LogP contribution is 2.16. The molecule has 0 aliphatic heterocycles. The fraction of sp³-hybridized carbons (Fsp3) is 0.176. The summed E-state index contributed by atoms with van der Waals surface area (Å²) in [6.07, 6.45) is 0.766. The summed E-state index contributed by atoms with van der Waals surface area (Å²) in [6, 6.07) is 12.6. The predicted octanol–water partition coefficient (Wildman–Crippen LogP) is 4.13. The molecule has 0 N–H and O–H groups in total. The van der Waals surface area contributed by atoms with Crippen molar-refractivity contribution in [1.29, 1.82) is 0 Å². The molecule has 0 aliphatic rings. The minimum absolute atomic E-state index is 0.354. The third-order valence-electron chi connectivity index (χ3n) is 2.82. The molecule has 0 unspecified atom stereocenters. The van der Waals surface area contributed by atoms with Gasteiger partial charge in [-0.25, -0.2) is 9.59 Å². The average molecular weight is 319 g/mol. The van der Waals surface area contributed by atoms with Crippen molar-refractivity contribution in [2.45, 2.75) is 13.3 Å². The van der Waals surface area contributed by atoms with E-state index < -0.39 is 11.9 Å². The van der Waals surface area contributed by atoms with Crippen molar-refractivity contribution in [3.8, 4) is 5.75 Å². The van der Waals surface area contributed by atoms with Gasteiger partial charge in [0.2, 0.25) is 0 Å². The lowest BCUT2D eigenvalue weighted by atomic mass is 10.2. The van der Waals surface area contributed by atoms with Crippen LogP contribution in [-0.4, -0.2) is 18.5 Å². The first-order valence-corrected chi connectivity index (χ1v) is 7.23. The van der Waals surface area contributed by atoms with Gasteiger partial charge >= 0.3 is 11.9 Å². The number of rotatable bonds is 5. The van der Waals surface area contributed by atoms with Crippen LogP contribution in [0.15, 0.2) is 48.5 Å². The first kappa shape index (κ1) is 16.0.